The molecule has 1 aliphatic carbocycles. The fraction of sp³-hybridized carbons (Fsp3) is 0.824. The number of alkyl halides is 3. The molecule has 2 fully saturated rings. The Hall–Kier alpha value is -0.760. The van der Waals surface area contributed by atoms with Gasteiger partial charge in [-0.1, -0.05) is 41.2 Å². The van der Waals surface area contributed by atoms with Gasteiger partial charge in [0.1, 0.15) is 18.8 Å². The molecule has 7 nitrogen and oxygen atoms in total. The fourth-order valence-electron chi connectivity index (χ4n) is 3.24. The molecule has 2 amide bonds. The third-order valence-corrected chi connectivity index (χ3v) is 5.37. The molecule has 1 heterocycles. The van der Waals surface area contributed by atoms with Crippen molar-refractivity contribution in [3.8, 4) is 0 Å². The van der Waals surface area contributed by atoms with Gasteiger partial charge in [0.25, 0.3) is 0 Å². The number of esters is 1. The third kappa shape index (κ3) is 6.66. The van der Waals surface area contributed by atoms with Crippen LogP contribution >= 0.6 is 34.8 Å². The Labute approximate surface area is 173 Å². The molecule has 1 aliphatic heterocycles. The number of aliphatic hydroxyl groups excluding tert-OH is 1. The Morgan fingerprint density at radius 3 is 2.44 bits per heavy atom. The lowest BCUT2D eigenvalue weighted by atomic mass is 9.81. The summed E-state index contributed by atoms with van der Waals surface area (Å²) in [5.74, 6) is -1.88. The maximum Gasteiger partial charge on any atom is 0.310 e. The first kappa shape index (κ1) is 22.5. The SMILES string of the molecule is C[C@H](NC(=O)C(O)C1CCC1)C(=O)N1CCC[C@@H](C(=O)OCC(Cl)(Cl)Cl)C1. The smallest absolute Gasteiger partial charge is 0.310 e. The third-order valence-electron chi connectivity index (χ3n) is 5.04. The molecule has 27 heavy (non-hydrogen) atoms. The number of ether oxygens (including phenoxy) is 1. The van der Waals surface area contributed by atoms with Crippen LogP contribution in [0.15, 0.2) is 0 Å². The van der Waals surface area contributed by atoms with Crippen molar-refractivity contribution in [3.05, 3.63) is 0 Å². The van der Waals surface area contributed by atoms with E-state index in [4.69, 9.17) is 39.5 Å². The second-order valence-corrected chi connectivity index (χ2v) is 9.73. The largest absolute Gasteiger partial charge is 0.461 e. The van der Waals surface area contributed by atoms with Gasteiger partial charge in [-0.2, -0.15) is 0 Å². The first-order valence-corrected chi connectivity index (χ1v) is 10.2. The first-order chi connectivity index (χ1) is 12.6. The van der Waals surface area contributed by atoms with E-state index < -0.39 is 33.7 Å². The highest BCUT2D eigenvalue weighted by molar-refractivity contribution is 6.67. The Morgan fingerprint density at radius 1 is 1.22 bits per heavy atom. The molecular formula is C17H25Cl3N2O5. The molecule has 154 valence electrons. The highest BCUT2D eigenvalue weighted by atomic mass is 35.6. The summed E-state index contributed by atoms with van der Waals surface area (Å²) in [6.45, 7) is 1.88. The Bertz CT molecular complexity index is 565. The second kappa shape index (κ2) is 9.63. The molecule has 0 aromatic carbocycles. The number of likely N-dealkylation sites (tertiary alicyclic amines) is 1. The average Bonchev–Trinajstić information content (AvgIpc) is 2.56. The van der Waals surface area contributed by atoms with Crippen molar-refractivity contribution in [1.82, 2.24) is 10.2 Å². The summed E-state index contributed by atoms with van der Waals surface area (Å²) in [6.07, 6.45) is 2.77. The molecule has 2 rings (SSSR count). The molecule has 0 aromatic rings. The zero-order chi connectivity index (χ0) is 20.2. The minimum absolute atomic E-state index is 0.0284. The van der Waals surface area contributed by atoms with Gasteiger partial charge in [0, 0.05) is 13.1 Å². The summed E-state index contributed by atoms with van der Waals surface area (Å²) in [6, 6.07) is -0.789. The lowest BCUT2D eigenvalue weighted by Gasteiger charge is -2.34. The van der Waals surface area contributed by atoms with Crippen LogP contribution in [0.3, 0.4) is 0 Å². The molecule has 2 aliphatic rings. The number of nitrogens with zero attached hydrogens (tertiary/aromatic N) is 1. The minimum atomic E-state index is -1.68. The maximum absolute atomic E-state index is 12.6. The topological polar surface area (TPSA) is 95.9 Å². The number of hydrogen-bond donors (Lipinski definition) is 2. The van der Waals surface area contributed by atoms with Gasteiger partial charge in [-0.25, -0.2) is 0 Å². The van der Waals surface area contributed by atoms with Crippen LogP contribution in [-0.2, 0) is 19.1 Å². The zero-order valence-corrected chi connectivity index (χ0v) is 17.4. The molecule has 1 unspecified atom stereocenters. The van der Waals surface area contributed by atoms with Crippen LogP contribution in [0.1, 0.15) is 39.0 Å². The normalized spacial score (nSPS) is 23.1. The number of carbonyl (C=O) groups excluding carboxylic acids is 3. The second-order valence-electron chi connectivity index (χ2n) is 7.21. The molecular weight excluding hydrogens is 419 g/mol. The predicted molar refractivity (Wildman–Crippen MR) is 102 cm³/mol. The van der Waals surface area contributed by atoms with Gasteiger partial charge >= 0.3 is 5.97 Å². The van der Waals surface area contributed by atoms with E-state index in [1.807, 2.05) is 0 Å². The molecule has 1 saturated carbocycles. The van der Waals surface area contributed by atoms with Gasteiger partial charge in [-0.3, -0.25) is 14.4 Å². The van der Waals surface area contributed by atoms with E-state index in [2.05, 4.69) is 5.32 Å². The van der Waals surface area contributed by atoms with Crippen LogP contribution in [-0.4, -0.2) is 63.4 Å². The van der Waals surface area contributed by atoms with E-state index in [0.29, 0.717) is 19.4 Å². The van der Waals surface area contributed by atoms with E-state index in [-0.39, 0.29) is 25.0 Å². The maximum atomic E-state index is 12.6. The molecule has 0 aromatic heterocycles. The Balaban J connectivity index is 1.83. The van der Waals surface area contributed by atoms with Gasteiger partial charge in [-0.05, 0) is 38.5 Å². The average molecular weight is 444 g/mol. The van der Waals surface area contributed by atoms with Crippen LogP contribution in [0.2, 0.25) is 0 Å². The molecule has 0 radical (unpaired) electrons. The lowest BCUT2D eigenvalue weighted by Crippen LogP contribution is -2.53. The Morgan fingerprint density at radius 2 is 1.89 bits per heavy atom. The van der Waals surface area contributed by atoms with Gasteiger partial charge in [0.2, 0.25) is 15.6 Å². The van der Waals surface area contributed by atoms with Crippen molar-refractivity contribution < 1.29 is 24.2 Å². The van der Waals surface area contributed by atoms with E-state index in [0.717, 1.165) is 19.3 Å². The van der Waals surface area contributed by atoms with E-state index in [9.17, 15) is 19.5 Å². The molecule has 0 bridgehead atoms. The first-order valence-electron chi connectivity index (χ1n) is 9.09. The minimum Gasteiger partial charge on any atom is -0.461 e. The van der Waals surface area contributed by atoms with Crippen molar-refractivity contribution in [2.75, 3.05) is 19.7 Å². The van der Waals surface area contributed by atoms with Crippen molar-refractivity contribution in [2.45, 2.75) is 55.0 Å². The number of amides is 2. The predicted octanol–water partition coefficient (Wildman–Crippen LogP) is 1.80. The number of aliphatic hydroxyl groups is 1. The number of hydrogen-bond acceptors (Lipinski definition) is 5. The fourth-order valence-corrected chi connectivity index (χ4v) is 3.41. The molecule has 0 spiro atoms. The van der Waals surface area contributed by atoms with Crippen molar-refractivity contribution in [1.29, 1.82) is 0 Å². The van der Waals surface area contributed by atoms with Crippen molar-refractivity contribution in [2.24, 2.45) is 11.8 Å². The summed E-state index contributed by atoms with van der Waals surface area (Å²) < 4.78 is 3.32. The number of carbonyl (C=O) groups is 3. The number of piperidine rings is 1. The van der Waals surface area contributed by atoms with Gasteiger partial charge in [-0.15, -0.1) is 0 Å². The Kier molecular flexibility index (Phi) is 8.04. The number of nitrogens with one attached hydrogen (secondary N) is 1. The van der Waals surface area contributed by atoms with E-state index in [1.165, 1.54) is 4.90 Å². The monoisotopic (exact) mass is 442 g/mol. The molecule has 1 saturated heterocycles. The van der Waals surface area contributed by atoms with Crippen molar-refractivity contribution in [3.63, 3.8) is 0 Å². The number of halogens is 3. The van der Waals surface area contributed by atoms with Gasteiger partial charge in [0.15, 0.2) is 0 Å². The van der Waals surface area contributed by atoms with E-state index in [1.54, 1.807) is 6.92 Å². The summed E-state index contributed by atoms with van der Waals surface area (Å²) in [5, 5.41) is 12.6. The summed E-state index contributed by atoms with van der Waals surface area (Å²) in [7, 11) is 0. The van der Waals surface area contributed by atoms with Crippen LogP contribution in [0.4, 0.5) is 0 Å². The van der Waals surface area contributed by atoms with Crippen LogP contribution in [0, 0.1) is 11.8 Å². The van der Waals surface area contributed by atoms with E-state index >= 15 is 0 Å². The highest BCUT2D eigenvalue weighted by Gasteiger charge is 2.35. The standard InChI is InChI=1S/C17H25Cl3N2O5/c1-10(21-14(24)13(23)11-4-2-5-11)15(25)22-7-3-6-12(8-22)16(26)27-9-17(18,19)20/h10-13,23H,2-9H2,1H3,(H,21,24)/t10-,12+,13?/m0/s1. The zero-order valence-electron chi connectivity index (χ0n) is 15.1. The quantitative estimate of drug-likeness (QED) is 0.482. The molecule has 3 atom stereocenters. The summed E-state index contributed by atoms with van der Waals surface area (Å²) in [5.41, 5.74) is 0. The van der Waals surface area contributed by atoms with Crippen LogP contribution < -0.4 is 5.32 Å². The molecule has 10 heteroatoms. The highest BCUT2D eigenvalue weighted by Crippen LogP contribution is 2.30. The van der Waals surface area contributed by atoms with Crippen LogP contribution in [0.25, 0.3) is 0 Å². The van der Waals surface area contributed by atoms with Crippen LogP contribution in [0.5, 0.6) is 0 Å². The van der Waals surface area contributed by atoms with Crippen molar-refractivity contribution >= 4 is 52.6 Å². The van der Waals surface area contributed by atoms with Gasteiger partial charge in [0.05, 0.1) is 5.92 Å². The lowest BCUT2D eigenvalue weighted by molar-refractivity contribution is -0.152. The summed E-state index contributed by atoms with van der Waals surface area (Å²) in [4.78, 5) is 38.3. The summed E-state index contributed by atoms with van der Waals surface area (Å²) >= 11 is 16.7. The molecule has 2 N–H and O–H groups in total. The van der Waals surface area contributed by atoms with Gasteiger partial charge < -0.3 is 20.1 Å². The number of rotatable bonds is 6.